The van der Waals surface area contributed by atoms with E-state index in [9.17, 15) is 4.79 Å². The van der Waals surface area contributed by atoms with Gasteiger partial charge >= 0.3 is 0 Å². The first-order valence-corrected chi connectivity index (χ1v) is 13.6. The minimum Gasteiger partial charge on any atom is -0.355 e. The van der Waals surface area contributed by atoms with Crippen LogP contribution in [0.4, 0.5) is 0 Å². The third-order valence-electron chi connectivity index (χ3n) is 7.17. The van der Waals surface area contributed by atoms with E-state index in [1.807, 2.05) is 44.2 Å². The summed E-state index contributed by atoms with van der Waals surface area (Å²) in [5.41, 5.74) is 8.12. The Kier molecular flexibility index (Phi) is 8.25. The summed E-state index contributed by atoms with van der Waals surface area (Å²) in [6.45, 7) is 11.3. The molecule has 3 heterocycles. The molecule has 2 fully saturated rings. The Bertz CT molecular complexity index is 1110. The number of hydrogen-bond acceptors (Lipinski definition) is 6. The number of nitrogens with one attached hydrogen (secondary N) is 2. The molecule has 202 valence electrons. The number of rotatable bonds is 7. The highest BCUT2D eigenvalue weighted by Crippen LogP contribution is 2.48. The Morgan fingerprint density at radius 1 is 1.24 bits per heavy atom. The van der Waals surface area contributed by atoms with Crippen LogP contribution in [0.1, 0.15) is 64.5 Å². The highest BCUT2D eigenvalue weighted by molar-refractivity contribution is 6.30. The van der Waals surface area contributed by atoms with Crippen molar-refractivity contribution in [1.29, 1.82) is 0 Å². The molecular formula is C28H38Cl2N4O3. The van der Waals surface area contributed by atoms with Crippen LogP contribution in [0.2, 0.25) is 10.2 Å². The number of nitrogens with zero attached hydrogens (tertiary/aromatic N) is 1. The first-order valence-electron chi connectivity index (χ1n) is 12.8. The Morgan fingerprint density at radius 3 is 2.59 bits per heavy atom. The van der Waals surface area contributed by atoms with E-state index in [2.05, 4.69) is 36.4 Å². The van der Waals surface area contributed by atoms with Crippen LogP contribution in [-0.4, -0.2) is 48.0 Å². The topological polar surface area (TPSA) is 98.5 Å². The fraction of sp³-hybridized carbons (Fsp3) is 0.571. The Hall–Kier alpha value is -1.74. The molecule has 2 aliphatic heterocycles. The molecule has 4 N–H and O–H groups in total. The van der Waals surface area contributed by atoms with E-state index in [1.54, 1.807) is 12.3 Å². The standard InChI is InChI=1S/C28H38Cl2N4O3/c1-26(2,3)14-21-28(31,18-9-10-22(30)33-15-18)23(17-7-6-8-19(29)13-17)24(34-21)25(35)32-12-11-20-16-36-27(4,5)37-20/h6-10,13,15,20-21,23-24,34H,11-12,14,16,31H2,1-5H3,(H,32,35). The molecular weight excluding hydrogens is 511 g/mol. The van der Waals surface area contributed by atoms with Gasteiger partial charge < -0.3 is 25.8 Å². The molecule has 2 aliphatic rings. The molecule has 37 heavy (non-hydrogen) atoms. The number of benzene rings is 1. The molecule has 0 bridgehead atoms. The van der Waals surface area contributed by atoms with Gasteiger partial charge in [-0.2, -0.15) is 0 Å². The minimum atomic E-state index is -0.940. The summed E-state index contributed by atoms with van der Waals surface area (Å²) < 4.78 is 11.5. The molecule has 2 saturated heterocycles. The van der Waals surface area contributed by atoms with Crippen molar-refractivity contribution in [2.24, 2.45) is 11.1 Å². The largest absolute Gasteiger partial charge is 0.355 e. The normalized spacial score (nSPS) is 29.4. The monoisotopic (exact) mass is 548 g/mol. The summed E-state index contributed by atoms with van der Waals surface area (Å²) in [6.07, 6.45) is 3.06. The number of ether oxygens (including phenoxy) is 2. The van der Waals surface area contributed by atoms with Gasteiger partial charge in [0.05, 0.1) is 24.3 Å². The second-order valence-corrected chi connectivity index (χ2v) is 12.7. The third kappa shape index (κ3) is 6.47. The quantitative estimate of drug-likeness (QED) is 0.431. The predicted molar refractivity (Wildman–Crippen MR) is 147 cm³/mol. The summed E-state index contributed by atoms with van der Waals surface area (Å²) in [6, 6.07) is 10.5. The lowest BCUT2D eigenvalue weighted by Crippen LogP contribution is -2.51. The highest BCUT2D eigenvalue weighted by atomic mass is 35.5. The molecule has 5 atom stereocenters. The van der Waals surface area contributed by atoms with Crippen molar-refractivity contribution in [2.45, 2.75) is 82.9 Å². The van der Waals surface area contributed by atoms with Crippen molar-refractivity contribution in [3.8, 4) is 0 Å². The van der Waals surface area contributed by atoms with Gasteiger partial charge in [0.25, 0.3) is 0 Å². The van der Waals surface area contributed by atoms with Gasteiger partial charge in [-0.25, -0.2) is 4.98 Å². The van der Waals surface area contributed by atoms with Crippen LogP contribution in [0.25, 0.3) is 0 Å². The first-order chi connectivity index (χ1) is 17.3. The minimum absolute atomic E-state index is 0.0427. The molecule has 1 aromatic carbocycles. The van der Waals surface area contributed by atoms with E-state index >= 15 is 0 Å². The van der Waals surface area contributed by atoms with Gasteiger partial charge in [-0.05, 0) is 61.4 Å². The second kappa shape index (κ2) is 10.8. The van der Waals surface area contributed by atoms with Crippen LogP contribution in [0, 0.1) is 5.41 Å². The number of halogens is 2. The summed E-state index contributed by atoms with van der Waals surface area (Å²) in [4.78, 5) is 18.1. The molecule has 1 aromatic heterocycles. The van der Waals surface area contributed by atoms with Gasteiger partial charge in [-0.15, -0.1) is 0 Å². The van der Waals surface area contributed by atoms with Crippen molar-refractivity contribution in [2.75, 3.05) is 13.2 Å². The Balaban J connectivity index is 1.66. The van der Waals surface area contributed by atoms with Crippen molar-refractivity contribution < 1.29 is 14.3 Å². The maximum absolute atomic E-state index is 13.7. The average molecular weight is 550 g/mol. The van der Waals surface area contributed by atoms with Crippen LogP contribution in [0.5, 0.6) is 0 Å². The molecule has 7 nitrogen and oxygen atoms in total. The van der Waals surface area contributed by atoms with Crippen LogP contribution < -0.4 is 16.4 Å². The molecule has 0 spiro atoms. The molecule has 1 amide bonds. The summed E-state index contributed by atoms with van der Waals surface area (Å²) >= 11 is 12.5. The molecule has 9 heteroatoms. The predicted octanol–water partition coefficient (Wildman–Crippen LogP) is 4.76. The highest BCUT2D eigenvalue weighted by Gasteiger charge is 2.57. The van der Waals surface area contributed by atoms with E-state index in [0.29, 0.717) is 29.7 Å². The number of carbonyl (C=O) groups is 1. The zero-order valence-electron chi connectivity index (χ0n) is 22.2. The van der Waals surface area contributed by atoms with Crippen LogP contribution >= 0.6 is 23.2 Å². The van der Waals surface area contributed by atoms with Gasteiger partial charge in [0.15, 0.2) is 5.79 Å². The van der Waals surface area contributed by atoms with Crippen molar-refractivity contribution >= 4 is 29.1 Å². The number of amides is 1. The lowest BCUT2D eigenvalue weighted by Gasteiger charge is -2.39. The number of pyridine rings is 1. The molecule has 0 radical (unpaired) electrons. The van der Waals surface area contributed by atoms with Gasteiger partial charge in [-0.3, -0.25) is 4.79 Å². The third-order valence-corrected chi connectivity index (χ3v) is 7.63. The smallest absolute Gasteiger partial charge is 0.237 e. The van der Waals surface area contributed by atoms with Crippen LogP contribution in [-0.2, 0) is 19.8 Å². The van der Waals surface area contributed by atoms with E-state index in [-0.39, 0.29) is 23.5 Å². The van der Waals surface area contributed by atoms with E-state index in [4.69, 9.17) is 38.4 Å². The number of hydrogen-bond donors (Lipinski definition) is 3. The first kappa shape index (κ1) is 28.3. The van der Waals surface area contributed by atoms with E-state index in [0.717, 1.165) is 17.5 Å². The van der Waals surface area contributed by atoms with Crippen molar-refractivity contribution in [1.82, 2.24) is 15.6 Å². The molecule has 5 unspecified atom stereocenters. The zero-order valence-corrected chi connectivity index (χ0v) is 23.7. The zero-order chi connectivity index (χ0) is 27.0. The van der Waals surface area contributed by atoms with E-state index in [1.165, 1.54) is 0 Å². The maximum atomic E-state index is 13.7. The average Bonchev–Trinajstić information content (AvgIpc) is 3.29. The maximum Gasteiger partial charge on any atom is 0.237 e. The molecule has 4 rings (SSSR count). The van der Waals surface area contributed by atoms with Crippen LogP contribution in [0.15, 0.2) is 42.6 Å². The number of aromatic nitrogens is 1. The van der Waals surface area contributed by atoms with Crippen molar-refractivity contribution in [3.05, 3.63) is 63.9 Å². The Labute approximate surface area is 229 Å². The molecule has 2 aromatic rings. The SMILES string of the molecule is CC(C)(C)CC1NC(C(=O)NCCC2COC(C)(C)O2)C(c2cccc(Cl)c2)C1(N)c1ccc(Cl)nc1. The van der Waals surface area contributed by atoms with Gasteiger partial charge in [0, 0.05) is 29.7 Å². The number of carbonyl (C=O) groups excluding carboxylic acids is 1. The Morgan fingerprint density at radius 2 is 2.00 bits per heavy atom. The lowest BCUT2D eigenvalue weighted by atomic mass is 9.69. The molecule has 0 aliphatic carbocycles. The lowest BCUT2D eigenvalue weighted by molar-refractivity contribution is -0.138. The van der Waals surface area contributed by atoms with Crippen LogP contribution in [0.3, 0.4) is 0 Å². The van der Waals surface area contributed by atoms with Gasteiger partial charge in [0.2, 0.25) is 5.91 Å². The summed E-state index contributed by atoms with van der Waals surface area (Å²) in [7, 11) is 0. The van der Waals surface area contributed by atoms with Crippen molar-refractivity contribution in [3.63, 3.8) is 0 Å². The second-order valence-electron chi connectivity index (χ2n) is 11.8. The molecule has 0 saturated carbocycles. The van der Waals surface area contributed by atoms with Gasteiger partial charge in [0.1, 0.15) is 5.15 Å². The fourth-order valence-electron chi connectivity index (χ4n) is 5.56. The van der Waals surface area contributed by atoms with Gasteiger partial charge in [-0.1, -0.05) is 62.2 Å². The fourth-order valence-corrected chi connectivity index (χ4v) is 5.87. The summed E-state index contributed by atoms with van der Waals surface area (Å²) in [5, 5.41) is 7.71. The van der Waals surface area contributed by atoms with E-state index < -0.39 is 23.3 Å². The summed E-state index contributed by atoms with van der Waals surface area (Å²) in [5.74, 6) is -1.10. The number of nitrogens with two attached hydrogens (primary N) is 1.